The van der Waals surface area contributed by atoms with E-state index in [1.165, 1.54) is 18.9 Å². The zero-order chi connectivity index (χ0) is 26.9. The number of carbonyl (C=O) groups is 1. The van der Waals surface area contributed by atoms with Gasteiger partial charge in [0.05, 0.1) is 31.8 Å². The number of ether oxygens (including phenoxy) is 2. The third-order valence-corrected chi connectivity index (χ3v) is 7.27. The number of nitrogens with zero attached hydrogens (tertiary/aromatic N) is 7. The molecule has 0 bridgehead atoms. The van der Waals surface area contributed by atoms with E-state index in [4.69, 9.17) is 36.4 Å². The highest BCUT2D eigenvalue weighted by atomic mass is 32.5. The Morgan fingerprint density at radius 1 is 1.29 bits per heavy atom. The van der Waals surface area contributed by atoms with Gasteiger partial charge in [-0.3, -0.25) is 14.3 Å². The van der Waals surface area contributed by atoms with Crippen LogP contribution < -0.4 is 11.3 Å². The SMILES string of the molecule is Nc1nc2c(ncn2C2CCC(COP(O)(=S)OCCn3c(COC(=O)O)nc4cncnc43)O2)c(=O)[nH]1. The summed E-state index contributed by atoms with van der Waals surface area (Å²) in [6.45, 7) is -3.89. The first kappa shape index (κ1) is 26.1. The summed E-state index contributed by atoms with van der Waals surface area (Å²) < 4.78 is 24.8. The standard InChI is InChI=1S/C19H22N9O8PS/c20-18-25-16-14(17(29)26-18)23-9-28(16)13-2-1-10(36-13)6-35-37(32,38)34-4-3-27-12(7-33-19(30)31)24-11-5-21-8-22-15(11)27/h5,8-10,13H,1-4,6-7H2,(H,30,31)(H,32,38)(H3,20,25,26,29). The molecular formula is C19H22N9O8PS. The molecule has 38 heavy (non-hydrogen) atoms. The maximum Gasteiger partial charge on any atom is 0.506 e. The number of nitrogens with two attached hydrogens (primary N) is 1. The highest BCUT2D eigenvalue weighted by Gasteiger charge is 2.30. The summed E-state index contributed by atoms with van der Waals surface area (Å²) in [5.74, 6) is 0.257. The third kappa shape index (κ3) is 5.64. The van der Waals surface area contributed by atoms with E-state index in [2.05, 4.69) is 34.6 Å². The molecule has 1 saturated heterocycles. The van der Waals surface area contributed by atoms with Crippen LogP contribution >= 0.6 is 6.72 Å². The van der Waals surface area contributed by atoms with Gasteiger partial charge in [-0.2, -0.15) is 4.98 Å². The van der Waals surface area contributed by atoms with Crippen molar-refractivity contribution in [3.05, 3.63) is 35.0 Å². The number of imidazole rings is 2. The Balaban J connectivity index is 1.16. The van der Waals surface area contributed by atoms with Gasteiger partial charge in [-0.1, -0.05) is 0 Å². The molecule has 5 N–H and O–H groups in total. The molecule has 0 spiro atoms. The van der Waals surface area contributed by atoms with Crippen LogP contribution in [0.15, 0.2) is 23.6 Å². The van der Waals surface area contributed by atoms with Crippen LogP contribution in [0.4, 0.5) is 10.7 Å². The minimum atomic E-state index is -3.63. The van der Waals surface area contributed by atoms with Crippen LogP contribution in [-0.2, 0) is 43.5 Å². The number of nitrogen functional groups attached to an aromatic ring is 1. The van der Waals surface area contributed by atoms with Crippen LogP contribution in [0, 0.1) is 0 Å². The number of H-pyrrole nitrogens is 1. The minimum Gasteiger partial charge on any atom is -0.450 e. The molecule has 202 valence electrons. The quantitative estimate of drug-likeness (QED) is 0.152. The van der Waals surface area contributed by atoms with Gasteiger partial charge in [0.25, 0.3) is 5.56 Å². The van der Waals surface area contributed by atoms with Crippen molar-refractivity contribution in [1.82, 2.24) is 39.0 Å². The van der Waals surface area contributed by atoms with Crippen molar-refractivity contribution < 1.29 is 33.3 Å². The molecule has 0 aromatic carbocycles. The molecule has 0 aliphatic carbocycles. The van der Waals surface area contributed by atoms with Gasteiger partial charge < -0.3 is 38.8 Å². The highest BCUT2D eigenvalue weighted by molar-refractivity contribution is 8.07. The van der Waals surface area contributed by atoms with Crippen LogP contribution in [-0.4, -0.2) is 74.5 Å². The van der Waals surface area contributed by atoms with Crippen molar-refractivity contribution in [3.63, 3.8) is 0 Å². The normalized spacial score (nSPS) is 19.2. The van der Waals surface area contributed by atoms with Crippen molar-refractivity contribution in [2.75, 3.05) is 18.9 Å². The Kier molecular flexibility index (Phi) is 7.33. The third-order valence-electron chi connectivity index (χ3n) is 5.65. The van der Waals surface area contributed by atoms with Gasteiger partial charge in [-0.25, -0.2) is 24.7 Å². The van der Waals surface area contributed by atoms with Gasteiger partial charge in [0.2, 0.25) is 5.95 Å². The molecule has 1 fully saturated rings. The second-order valence-corrected chi connectivity index (χ2v) is 11.0. The number of fused-ring (bicyclic) bond motifs is 2. The summed E-state index contributed by atoms with van der Waals surface area (Å²) in [5, 5.41) is 8.80. The molecule has 0 amide bonds. The molecule has 3 atom stereocenters. The number of rotatable bonds is 10. The molecule has 5 heterocycles. The van der Waals surface area contributed by atoms with E-state index >= 15 is 0 Å². The first-order valence-corrected chi connectivity index (χ1v) is 13.8. The molecule has 3 unspecified atom stereocenters. The second-order valence-electron chi connectivity index (χ2n) is 8.13. The summed E-state index contributed by atoms with van der Waals surface area (Å²) >= 11 is 5.12. The summed E-state index contributed by atoms with van der Waals surface area (Å²) in [6.07, 6.45) is 3.14. The fourth-order valence-corrected chi connectivity index (χ4v) is 5.17. The molecule has 1 aliphatic heterocycles. The summed E-state index contributed by atoms with van der Waals surface area (Å²) in [4.78, 5) is 56.3. The lowest BCUT2D eigenvalue weighted by Crippen LogP contribution is -2.18. The number of carboxylic acid groups (broad SMARTS) is 1. The predicted octanol–water partition coefficient (Wildman–Crippen LogP) is 0.664. The Morgan fingerprint density at radius 2 is 2.13 bits per heavy atom. The van der Waals surface area contributed by atoms with Crippen molar-refractivity contribution in [1.29, 1.82) is 0 Å². The zero-order valence-corrected chi connectivity index (χ0v) is 21.2. The first-order chi connectivity index (χ1) is 18.2. The van der Waals surface area contributed by atoms with E-state index in [1.54, 1.807) is 9.13 Å². The van der Waals surface area contributed by atoms with Crippen LogP contribution in [0.5, 0.6) is 0 Å². The Labute approximate surface area is 217 Å². The molecule has 0 saturated carbocycles. The van der Waals surface area contributed by atoms with E-state index < -0.39 is 30.8 Å². The molecule has 0 radical (unpaired) electrons. The van der Waals surface area contributed by atoms with Crippen LogP contribution in [0.25, 0.3) is 22.3 Å². The van der Waals surface area contributed by atoms with Gasteiger partial charge in [0.15, 0.2) is 23.4 Å². The Bertz CT molecular complexity index is 1590. The smallest absolute Gasteiger partial charge is 0.450 e. The van der Waals surface area contributed by atoms with Crippen LogP contribution in [0.3, 0.4) is 0 Å². The molecule has 1 aliphatic rings. The fraction of sp³-hybridized carbons (Fsp3) is 0.421. The van der Waals surface area contributed by atoms with Crippen LogP contribution in [0.2, 0.25) is 0 Å². The molecule has 4 aromatic rings. The summed E-state index contributed by atoms with van der Waals surface area (Å²) in [7, 11) is 0. The number of hydrogen-bond acceptors (Lipinski definition) is 13. The second kappa shape index (κ2) is 10.7. The zero-order valence-electron chi connectivity index (χ0n) is 19.5. The average Bonchev–Trinajstić information content (AvgIpc) is 3.58. The number of hydrogen-bond donors (Lipinski definition) is 4. The van der Waals surface area contributed by atoms with Gasteiger partial charge in [0.1, 0.15) is 23.9 Å². The Hall–Kier alpha value is -3.54. The van der Waals surface area contributed by atoms with Crippen molar-refractivity contribution in [2.24, 2.45) is 0 Å². The highest BCUT2D eigenvalue weighted by Crippen LogP contribution is 2.44. The van der Waals surface area contributed by atoms with Crippen LogP contribution in [0.1, 0.15) is 24.9 Å². The summed E-state index contributed by atoms with van der Waals surface area (Å²) in [5.41, 5.74) is 6.54. The fourth-order valence-electron chi connectivity index (χ4n) is 4.03. The predicted molar refractivity (Wildman–Crippen MR) is 132 cm³/mol. The molecule has 19 heteroatoms. The Morgan fingerprint density at radius 3 is 2.95 bits per heavy atom. The van der Waals surface area contributed by atoms with Crippen molar-refractivity contribution in [3.8, 4) is 0 Å². The van der Waals surface area contributed by atoms with E-state index in [9.17, 15) is 14.5 Å². The van der Waals surface area contributed by atoms with Gasteiger partial charge >= 0.3 is 12.9 Å². The molecule has 4 aromatic heterocycles. The van der Waals surface area contributed by atoms with Gasteiger partial charge in [0, 0.05) is 6.54 Å². The maximum absolute atomic E-state index is 12.0. The molecular weight excluding hydrogens is 545 g/mol. The minimum absolute atomic E-state index is 0.0218. The lowest BCUT2D eigenvalue weighted by atomic mass is 10.2. The van der Waals surface area contributed by atoms with Gasteiger partial charge in [-0.15, -0.1) is 0 Å². The number of anilines is 1. The number of nitrogens with one attached hydrogen (secondary N) is 1. The number of aromatic nitrogens is 8. The van der Waals surface area contributed by atoms with E-state index in [0.717, 1.165) is 0 Å². The monoisotopic (exact) mass is 567 g/mol. The van der Waals surface area contributed by atoms with E-state index in [-0.39, 0.29) is 43.7 Å². The number of aromatic amines is 1. The van der Waals surface area contributed by atoms with E-state index in [0.29, 0.717) is 29.7 Å². The topological polar surface area (TPSA) is 228 Å². The van der Waals surface area contributed by atoms with E-state index in [1.807, 2.05) is 0 Å². The lowest BCUT2D eigenvalue weighted by Gasteiger charge is -2.19. The average molecular weight is 567 g/mol. The van der Waals surface area contributed by atoms with Gasteiger partial charge in [-0.05, 0) is 24.6 Å². The first-order valence-electron chi connectivity index (χ1n) is 11.2. The largest absolute Gasteiger partial charge is 0.506 e. The lowest BCUT2D eigenvalue weighted by molar-refractivity contribution is -0.0190. The maximum atomic E-state index is 12.0. The molecule has 5 rings (SSSR count). The molecule has 17 nitrogen and oxygen atoms in total. The van der Waals surface area contributed by atoms with Crippen molar-refractivity contribution in [2.45, 2.75) is 38.3 Å². The summed E-state index contributed by atoms with van der Waals surface area (Å²) in [6, 6.07) is 0. The van der Waals surface area contributed by atoms with Crippen molar-refractivity contribution >= 4 is 53.0 Å².